The van der Waals surface area contributed by atoms with Crippen molar-refractivity contribution in [3.8, 4) is 6.07 Å². The highest BCUT2D eigenvalue weighted by atomic mass is 16.5. The zero-order chi connectivity index (χ0) is 11.1. The Morgan fingerprint density at radius 3 is 3.00 bits per heavy atom. The third-order valence-corrected chi connectivity index (χ3v) is 1.71. The van der Waals surface area contributed by atoms with Gasteiger partial charge in [0.15, 0.2) is 0 Å². The highest BCUT2D eigenvalue weighted by Gasteiger charge is 2.06. The van der Waals surface area contributed by atoms with Gasteiger partial charge in [-0.25, -0.2) is 4.79 Å². The third kappa shape index (κ3) is 3.24. The number of carbonyl (C=O) groups excluding carboxylic acids is 2. The summed E-state index contributed by atoms with van der Waals surface area (Å²) in [6, 6.07) is 8.07. The second kappa shape index (κ2) is 5.55. The third-order valence-electron chi connectivity index (χ3n) is 1.71. The number of nitrogens with zero attached hydrogens (tertiary/aromatic N) is 1. The number of hydrogen-bond donors (Lipinski definition) is 0. The Kier molecular flexibility index (Phi) is 4.05. The highest BCUT2D eigenvalue weighted by molar-refractivity contribution is 5.91. The van der Waals surface area contributed by atoms with E-state index in [9.17, 15) is 9.59 Å². The topological polar surface area (TPSA) is 67.2 Å². The van der Waals surface area contributed by atoms with Gasteiger partial charge in [0.2, 0.25) is 0 Å². The molecule has 1 aromatic rings. The summed E-state index contributed by atoms with van der Waals surface area (Å²) in [5.74, 6) is -0.519. The number of ether oxygens (including phenoxy) is 1. The van der Waals surface area contributed by atoms with E-state index in [0.29, 0.717) is 17.4 Å². The van der Waals surface area contributed by atoms with Crippen LogP contribution in [0.15, 0.2) is 24.3 Å². The fraction of sp³-hybridized carbons (Fsp3) is 0.182. The zero-order valence-electron chi connectivity index (χ0n) is 7.97. The Bertz CT molecular complexity index is 407. The minimum atomic E-state index is -0.519. The monoisotopic (exact) mass is 203 g/mol. The SMILES string of the molecule is N#CCCOC(=O)c1cccc(C=O)c1. The molecule has 4 nitrogen and oxygen atoms in total. The minimum Gasteiger partial charge on any atom is -0.461 e. The Morgan fingerprint density at radius 1 is 1.53 bits per heavy atom. The molecule has 1 aromatic carbocycles. The summed E-state index contributed by atoms with van der Waals surface area (Å²) in [5, 5.41) is 8.24. The van der Waals surface area contributed by atoms with Crippen molar-refractivity contribution in [2.45, 2.75) is 6.42 Å². The van der Waals surface area contributed by atoms with Crippen molar-refractivity contribution >= 4 is 12.3 Å². The lowest BCUT2D eigenvalue weighted by Crippen LogP contribution is -2.06. The number of hydrogen-bond acceptors (Lipinski definition) is 4. The van der Waals surface area contributed by atoms with Gasteiger partial charge in [0.25, 0.3) is 0 Å². The number of benzene rings is 1. The Morgan fingerprint density at radius 2 is 2.33 bits per heavy atom. The Labute approximate surface area is 87.1 Å². The number of rotatable bonds is 4. The lowest BCUT2D eigenvalue weighted by atomic mass is 10.1. The van der Waals surface area contributed by atoms with Crippen LogP contribution < -0.4 is 0 Å². The zero-order valence-corrected chi connectivity index (χ0v) is 7.97. The summed E-state index contributed by atoms with van der Waals surface area (Å²) in [6.07, 6.45) is 0.825. The maximum Gasteiger partial charge on any atom is 0.338 e. The summed E-state index contributed by atoms with van der Waals surface area (Å²) < 4.78 is 4.79. The van der Waals surface area contributed by atoms with Gasteiger partial charge in [-0.05, 0) is 12.1 Å². The van der Waals surface area contributed by atoms with Crippen molar-refractivity contribution < 1.29 is 14.3 Å². The number of esters is 1. The molecule has 0 unspecified atom stereocenters. The normalized spacial score (nSPS) is 9.00. The van der Waals surface area contributed by atoms with Gasteiger partial charge < -0.3 is 4.74 Å². The molecule has 1 rings (SSSR count). The van der Waals surface area contributed by atoms with Crippen LogP contribution in [0.5, 0.6) is 0 Å². The van der Waals surface area contributed by atoms with Gasteiger partial charge in [-0.2, -0.15) is 5.26 Å². The van der Waals surface area contributed by atoms with Crippen LogP contribution in [0.3, 0.4) is 0 Å². The van der Waals surface area contributed by atoms with Gasteiger partial charge in [-0.3, -0.25) is 4.79 Å². The summed E-state index contributed by atoms with van der Waals surface area (Å²) >= 11 is 0. The molecule has 0 aliphatic carbocycles. The van der Waals surface area contributed by atoms with E-state index in [4.69, 9.17) is 10.00 Å². The van der Waals surface area contributed by atoms with Gasteiger partial charge in [0.1, 0.15) is 12.9 Å². The summed E-state index contributed by atoms with van der Waals surface area (Å²) in [4.78, 5) is 21.8. The van der Waals surface area contributed by atoms with Crippen molar-refractivity contribution in [2.75, 3.05) is 6.61 Å². The average molecular weight is 203 g/mol. The molecule has 4 heteroatoms. The van der Waals surface area contributed by atoms with E-state index in [2.05, 4.69) is 0 Å². The summed E-state index contributed by atoms with van der Waals surface area (Å²) in [7, 11) is 0. The standard InChI is InChI=1S/C11H9NO3/c12-5-2-6-15-11(14)10-4-1-3-9(7-10)8-13/h1,3-4,7-8H,2,6H2. The van der Waals surface area contributed by atoms with E-state index in [1.54, 1.807) is 18.2 Å². The average Bonchev–Trinajstić information content (AvgIpc) is 2.29. The Hall–Kier alpha value is -2.15. The lowest BCUT2D eigenvalue weighted by molar-refractivity contribution is 0.0513. The molecular formula is C11H9NO3. The van der Waals surface area contributed by atoms with Gasteiger partial charge in [-0.1, -0.05) is 12.1 Å². The molecule has 0 aliphatic heterocycles. The van der Waals surface area contributed by atoms with Crippen molar-refractivity contribution in [3.63, 3.8) is 0 Å². The number of nitriles is 1. The molecule has 0 radical (unpaired) electrons. The van der Waals surface area contributed by atoms with Crippen LogP contribution in [0.25, 0.3) is 0 Å². The van der Waals surface area contributed by atoms with Crippen molar-refractivity contribution in [3.05, 3.63) is 35.4 Å². The predicted octanol–water partition coefficient (Wildman–Crippen LogP) is 1.57. The van der Waals surface area contributed by atoms with Crippen LogP contribution in [0.4, 0.5) is 0 Å². The molecular weight excluding hydrogens is 194 g/mol. The van der Waals surface area contributed by atoms with Crippen LogP contribution in [-0.4, -0.2) is 18.9 Å². The molecule has 0 spiro atoms. The molecule has 0 atom stereocenters. The first-order valence-electron chi connectivity index (χ1n) is 4.37. The van der Waals surface area contributed by atoms with Crippen LogP contribution in [0, 0.1) is 11.3 Å². The van der Waals surface area contributed by atoms with E-state index in [-0.39, 0.29) is 13.0 Å². The predicted molar refractivity (Wildman–Crippen MR) is 52.3 cm³/mol. The quantitative estimate of drug-likeness (QED) is 0.423. The lowest BCUT2D eigenvalue weighted by Gasteiger charge is -2.02. The Balaban J connectivity index is 2.65. The highest BCUT2D eigenvalue weighted by Crippen LogP contribution is 2.05. The van der Waals surface area contributed by atoms with Crippen molar-refractivity contribution in [1.29, 1.82) is 5.26 Å². The van der Waals surface area contributed by atoms with Crippen LogP contribution >= 0.6 is 0 Å². The van der Waals surface area contributed by atoms with E-state index in [0.717, 1.165) is 0 Å². The van der Waals surface area contributed by atoms with Crippen LogP contribution in [0.2, 0.25) is 0 Å². The van der Waals surface area contributed by atoms with E-state index < -0.39 is 5.97 Å². The fourth-order valence-corrected chi connectivity index (χ4v) is 1.01. The maximum absolute atomic E-state index is 11.3. The first-order valence-corrected chi connectivity index (χ1v) is 4.37. The molecule has 0 amide bonds. The number of carbonyl (C=O) groups is 2. The van der Waals surface area contributed by atoms with E-state index in [1.165, 1.54) is 6.07 Å². The first kappa shape index (κ1) is 10.9. The van der Waals surface area contributed by atoms with E-state index >= 15 is 0 Å². The summed E-state index contributed by atoms with van der Waals surface area (Å²) in [6.45, 7) is 0.0701. The van der Waals surface area contributed by atoms with Gasteiger partial charge in [0, 0.05) is 5.56 Å². The van der Waals surface area contributed by atoms with Gasteiger partial charge in [0.05, 0.1) is 18.1 Å². The second-order valence-electron chi connectivity index (χ2n) is 2.79. The van der Waals surface area contributed by atoms with Gasteiger partial charge >= 0.3 is 5.97 Å². The number of aldehydes is 1. The van der Waals surface area contributed by atoms with E-state index in [1.807, 2.05) is 6.07 Å². The fourth-order valence-electron chi connectivity index (χ4n) is 1.01. The van der Waals surface area contributed by atoms with Crippen molar-refractivity contribution in [1.82, 2.24) is 0 Å². The van der Waals surface area contributed by atoms with Crippen LogP contribution in [0.1, 0.15) is 27.1 Å². The van der Waals surface area contributed by atoms with Crippen molar-refractivity contribution in [2.24, 2.45) is 0 Å². The molecule has 76 valence electrons. The largest absolute Gasteiger partial charge is 0.461 e. The molecule has 0 aliphatic rings. The smallest absolute Gasteiger partial charge is 0.338 e. The summed E-state index contributed by atoms with van der Waals surface area (Å²) in [5.41, 5.74) is 0.738. The van der Waals surface area contributed by atoms with Gasteiger partial charge in [-0.15, -0.1) is 0 Å². The molecule has 0 aromatic heterocycles. The first-order chi connectivity index (χ1) is 7.27. The maximum atomic E-state index is 11.3. The second-order valence-corrected chi connectivity index (χ2v) is 2.79. The van der Waals surface area contributed by atoms with Crippen LogP contribution in [-0.2, 0) is 4.74 Å². The molecule has 0 N–H and O–H groups in total. The molecule has 0 bridgehead atoms. The molecule has 15 heavy (non-hydrogen) atoms. The molecule has 0 heterocycles. The molecule has 0 saturated heterocycles. The minimum absolute atomic E-state index is 0.0701. The molecule has 0 fully saturated rings. The molecule has 0 saturated carbocycles.